The van der Waals surface area contributed by atoms with E-state index in [1.807, 2.05) is 0 Å². The van der Waals surface area contributed by atoms with Crippen LogP contribution in [-0.2, 0) is 14.3 Å². The molecule has 150 valence electrons. The van der Waals surface area contributed by atoms with E-state index < -0.39 is 23.7 Å². The van der Waals surface area contributed by atoms with Crippen LogP contribution < -0.4 is 19.5 Å². The number of benzene rings is 2. The number of hydrogen-bond donors (Lipinski definition) is 1. The zero-order chi connectivity index (χ0) is 20.5. The number of carbonyl (C=O) groups excluding carboxylic acids is 2. The molecule has 7 nitrogen and oxygen atoms in total. The first kappa shape index (κ1) is 21.0. The van der Waals surface area contributed by atoms with Gasteiger partial charge < -0.3 is 24.3 Å². The first-order valence-corrected chi connectivity index (χ1v) is 8.43. The Morgan fingerprint density at radius 1 is 1.00 bits per heavy atom. The van der Waals surface area contributed by atoms with Gasteiger partial charge in [-0.25, -0.2) is 4.39 Å². The zero-order valence-corrected chi connectivity index (χ0v) is 15.9. The highest BCUT2D eigenvalue weighted by molar-refractivity contribution is 5.79. The van der Waals surface area contributed by atoms with E-state index in [-0.39, 0.29) is 13.0 Å². The molecule has 0 aromatic heterocycles. The van der Waals surface area contributed by atoms with Crippen molar-refractivity contribution < 1.29 is 32.9 Å². The summed E-state index contributed by atoms with van der Waals surface area (Å²) in [7, 11) is 4.28. The number of amides is 1. The summed E-state index contributed by atoms with van der Waals surface area (Å²) in [5.74, 6) is 0.00356. The first-order chi connectivity index (χ1) is 13.5. The van der Waals surface area contributed by atoms with Gasteiger partial charge in [0, 0.05) is 0 Å². The first-order valence-electron chi connectivity index (χ1n) is 8.43. The van der Waals surface area contributed by atoms with E-state index in [1.165, 1.54) is 45.6 Å². The van der Waals surface area contributed by atoms with Gasteiger partial charge >= 0.3 is 5.97 Å². The van der Waals surface area contributed by atoms with E-state index in [4.69, 9.17) is 18.9 Å². The van der Waals surface area contributed by atoms with E-state index in [2.05, 4.69) is 5.32 Å². The number of halogens is 1. The van der Waals surface area contributed by atoms with Crippen molar-refractivity contribution in [3.8, 4) is 17.2 Å². The van der Waals surface area contributed by atoms with Gasteiger partial charge in [0.1, 0.15) is 11.6 Å². The smallest absolute Gasteiger partial charge is 0.307 e. The molecule has 1 N–H and O–H groups in total. The Kier molecular flexibility index (Phi) is 7.62. The summed E-state index contributed by atoms with van der Waals surface area (Å²) in [5, 5.41) is 2.73. The third-order valence-corrected chi connectivity index (χ3v) is 3.93. The van der Waals surface area contributed by atoms with E-state index in [1.54, 1.807) is 18.2 Å². The number of carbonyl (C=O) groups is 2. The number of rotatable bonds is 9. The van der Waals surface area contributed by atoms with Crippen LogP contribution in [0.15, 0.2) is 42.5 Å². The fourth-order valence-electron chi connectivity index (χ4n) is 2.49. The SMILES string of the molecule is COC(=O)CC(NC(=O)COc1ccc(F)cc1)c1ccc(OC)c(OC)c1. The second-order valence-electron chi connectivity index (χ2n) is 5.76. The number of ether oxygens (including phenoxy) is 4. The molecule has 0 bridgehead atoms. The van der Waals surface area contributed by atoms with Crippen molar-refractivity contribution >= 4 is 11.9 Å². The minimum Gasteiger partial charge on any atom is -0.493 e. The second-order valence-corrected chi connectivity index (χ2v) is 5.76. The van der Waals surface area contributed by atoms with E-state index in [0.29, 0.717) is 22.8 Å². The third-order valence-electron chi connectivity index (χ3n) is 3.93. The molecule has 1 amide bonds. The van der Waals surface area contributed by atoms with Crippen LogP contribution in [0.2, 0.25) is 0 Å². The molecule has 1 atom stereocenters. The number of esters is 1. The Labute approximate surface area is 162 Å². The summed E-state index contributed by atoms with van der Waals surface area (Å²) < 4.78 is 33.4. The average Bonchev–Trinajstić information content (AvgIpc) is 2.72. The highest BCUT2D eigenvalue weighted by Crippen LogP contribution is 2.31. The van der Waals surface area contributed by atoms with Crippen LogP contribution in [-0.4, -0.2) is 39.8 Å². The topological polar surface area (TPSA) is 83.1 Å². The highest BCUT2D eigenvalue weighted by atomic mass is 19.1. The lowest BCUT2D eigenvalue weighted by Gasteiger charge is -2.20. The van der Waals surface area contributed by atoms with Crippen molar-refractivity contribution in [2.45, 2.75) is 12.5 Å². The Balaban J connectivity index is 2.10. The Hall–Kier alpha value is -3.29. The molecule has 0 radical (unpaired) electrons. The van der Waals surface area contributed by atoms with Gasteiger partial charge in [0.25, 0.3) is 5.91 Å². The summed E-state index contributed by atoms with van der Waals surface area (Å²) in [6.45, 7) is -0.295. The largest absolute Gasteiger partial charge is 0.493 e. The van der Waals surface area contributed by atoms with Crippen LogP contribution in [0.1, 0.15) is 18.0 Å². The quantitative estimate of drug-likeness (QED) is 0.662. The van der Waals surface area contributed by atoms with Crippen LogP contribution in [0.3, 0.4) is 0 Å². The maximum Gasteiger partial charge on any atom is 0.307 e. The molecule has 0 spiro atoms. The lowest BCUT2D eigenvalue weighted by molar-refractivity contribution is -0.141. The van der Waals surface area contributed by atoms with Gasteiger partial charge in [-0.1, -0.05) is 6.07 Å². The summed E-state index contributed by atoms with van der Waals surface area (Å²) in [6.07, 6.45) is -0.0751. The Morgan fingerprint density at radius 2 is 1.68 bits per heavy atom. The average molecular weight is 391 g/mol. The molecule has 0 aliphatic rings. The van der Waals surface area contributed by atoms with Crippen molar-refractivity contribution in [3.05, 3.63) is 53.8 Å². The van der Waals surface area contributed by atoms with Gasteiger partial charge in [-0.15, -0.1) is 0 Å². The van der Waals surface area contributed by atoms with Crippen LogP contribution >= 0.6 is 0 Å². The van der Waals surface area contributed by atoms with Gasteiger partial charge in [0.15, 0.2) is 18.1 Å². The molecule has 0 heterocycles. The summed E-state index contributed by atoms with van der Waals surface area (Å²) in [6, 6.07) is 9.72. The maximum atomic E-state index is 12.9. The highest BCUT2D eigenvalue weighted by Gasteiger charge is 2.21. The van der Waals surface area contributed by atoms with Crippen LogP contribution in [0.25, 0.3) is 0 Å². The molecule has 0 fully saturated rings. The molecule has 8 heteroatoms. The molecule has 2 aromatic carbocycles. The Bertz CT molecular complexity index is 809. The molecular weight excluding hydrogens is 369 g/mol. The molecule has 0 aliphatic carbocycles. The van der Waals surface area contributed by atoms with Crippen molar-refractivity contribution in [1.29, 1.82) is 0 Å². The predicted molar refractivity (Wildman–Crippen MR) is 99.0 cm³/mol. The molecule has 2 aromatic rings. The van der Waals surface area contributed by atoms with Gasteiger partial charge in [-0.2, -0.15) is 0 Å². The maximum absolute atomic E-state index is 12.9. The fraction of sp³-hybridized carbons (Fsp3) is 0.300. The lowest BCUT2D eigenvalue weighted by Crippen LogP contribution is -2.34. The summed E-state index contributed by atoms with van der Waals surface area (Å²) in [5.41, 5.74) is 0.637. The Morgan fingerprint density at radius 3 is 2.29 bits per heavy atom. The normalized spacial score (nSPS) is 11.3. The molecule has 0 saturated heterocycles. The van der Waals surface area contributed by atoms with Crippen LogP contribution in [0.4, 0.5) is 4.39 Å². The van der Waals surface area contributed by atoms with Gasteiger partial charge in [-0.05, 0) is 42.0 Å². The molecule has 2 rings (SSSR count). The minimum atomic E-state index is -0.656. The van der Waals surface area contributed by atoms with Gasteiger partial charge in [0.2, 0.25) is 0 Å². The molecule has 1 unspecified atom stereocenters. The number of nitrogens with one attached hydrogen (secondary N) is 1. The van der Waals surface area contributed by atoms with Crippen molar-refractivity contribution in [2.75, 3.05) is 27.9 Å². The standard InChI is InChI=1S/C20H22FNO6/c1-25-17-9-4-13(10-18(17)26-2)16(11-20(24)27-3)22-19(23)12-28-15-7-5-14(21)6-8-15/h4-10,16H,11-12H2,1-3H3,(H,22,23). The van der Waals surface area contributed by atoms with Crippen molar-refractivity contribution in [1.82, 2.24) is 5.32 Å². The molecular formula is C20H22FNO6. The van der Waals surface area contributed by atoms with E-state index >= 15 is 0 Å². The third kappa shape index (κ3) is 5.87. The second kappa shape index (κ2) is 10.1. The minimum absolute atomic E-state index is 0.0751. The van der Waals surface area contributed by atoms with E-state index in [9.17, 15) is 14.0 Å². The molecule has 28 heavy (non-hydrogen) atoms. The summed E-state index contributed by atoms with van der Waals surface area (Å²) in [4.78, 5) is 24.1. The number of hydrogen-bond acceptors (Lipinski definition) is 6. The van der Waals surface area contributed by atoms with E-state index in [0.717, 1.165) is 0 Å². The van der Waals surface area contributed by atoms with Gasteiger partial charge in [-0.3, -0.25) is 9.59 Å². The van der Waals surface area contributed by atoms with Gasteiger partial charge in [0.05, 0.1) is 33.8 Å². The zero-order valence-electron chi connectivity index (χ0n) is 15.9. The molecule has 0 saturated carbocycles. The van der Waals surface area contributed by atoms with Crippen molar-refractivity contribution in [2.24, 2.45) is 0 Å². The lowest BCUT2D eigenvalue weighted by atomic mass is 10.0. The number of methoxy groups -OCH3 is 3. The fourth-order valence-corrected chi connectivity index (χ4v) is 2.49. The summed E-state index contributed by atoms with van der Waals surface area (Å²) >= 11 is 0. The molecule has 0 aliphatic heterocycles. The van der Waals surface area contributed by atoms with Crippen LogP contribution in [0.5, 0.6) is 17.2 Å². The van der Waals surface area contributed by atoms with Crippen molar-refractivity contribution in [3.63, 3.8) is 0 Å². The monoisotopic (exact) mass is 391 g/mol. The predicted octanol–water partition coefficient (Wildman–Crippen LogP) is 2.64. The van der Waals surface area contributed by atoms with Crippen LogP contribution in [0, 0.1) is 5.82 Å².